The van der Waals surface area contributed by atoms with Crippen molar-refractivity contribution in [2.24, 2.45) is 0 Å². The monoisotopic (exact) mass is 478 g/mol. The fourth-order valence-corrected chi connectivity index (χ4v) is 3.15. The Morgan fingerprint density at radius 2 is 1.49 bits per heavy atom. The highest BCUT2D eigenvalue weighted by molar-refractivity contribution is 5.93. The van der Waals surface area contributed by atoms with Crippen molar-refractivity contribution in [1.82, 2.24) is 9.88 Å². The molecule has 5 heteroatoms. The Hall–Kier alpha value is -3.21. The van der Waals surface area contributed by atoms with Gasteiger partial charge in [-0.3, -0.25) is 14.6 Å². The fraction of sp³-hybridized carbons (Fsp3) is 0.433. The number of hydrogen-bond donors (Lipinski definition) is 0. The second-order valence-electron chi connectivity index (χ2n) is 7.95. The van der Waals surface area contributed by atoms with Crippen LogP contribution >= 0.6 is 0 Å². The van der Waals surface area contributed by atoms with E-state index in [4.69, 9.17) is 4.74 Å². The van der Waals surface area contributed by atoms with E-state index in [0.717, 1.165) is 44.9 Å². The minimum absolute atomic E-state index is 0.102. The van der Waals surface area contributed by atoms with Gasteiger partial charge in [-0.25, -0.2) is 0 Å². The topological polar surface area (TPSA) is 59.5 Å². The summed E-state index contributed by atoms with van der Waals surface area (Å²) in [5, 5.41) is 0. The molecule has 1 amide bonds. The van der Waals surface area contributed by atoms with Crippen molar-refractivity contribution in [2.75, 3.05) is 19.7 Å². The third-order valence-corrected chi connectivity index (χ3v) is 5.11. The van der Waals surface area contributed by atoms with Crippen LogP contribution in [-0.4, -0.2) is 41.5 Å². The number of aromatic nitrogens is 1. The van der Waals surface area contributed by atoms with Crippen LogP contribution in [0.1, 0.15) is 75.6 Å². The maximum atomic E-state index is 12.4. The highest BCUT2D eigenvalue weighted by atomic mass is 16.5. The van der Waals surface area contributed by atoms with E-state index in [1.54, 1.807) is 29.4 Å². The number of carbonyl (C=O) groups is 2. The summed E-state index contributed by atoms with van der Waals surface area (Å²) in [6, 6.07) is 3.47. The van der Waals surface area contributed by atoms with Crippen molar-refractivity contribution in [1.29, 1.82) is 0 Å². The molecule has 0 aliphatic heterocycles. The number of rotatable bonds is 18. The summed E-state index contributed by atoms with van der Waals surface area (Å²) >= 11 is 0. The fourth-order valence-electron chi connectivity index (χ4n) is 3.15. The van der Waals surface area contributed by atoms with Crippen molar-refractivity contribution >= 4 is 11.9 Å². The molecule has 1 aromatic heterocycles. The second kappa shape index (κ2) is 21.3. The number of ether oxygens (including phenoxy) is 1. The van der Waals surface area contributed by atoms with E-state index in [9.17, 15) is 9.59 Å². The van der Waals surface area contributed by atoms with Gasteiger partial charge in [0.05, 0.1) is 12.1 Å². The van der Waals surface area contributed by atoms with Gasteiger partial charge in [-0.05, 0) is 64.0 Å². The minimum Gasteiger partial charge on any atom is -0.464 e. The molecule has 0 radical (unpaired) electrons. The smallest absolute Gasteiger partial charge is 0.305 e. The summed E-state index contributed by atoms with van der Waals surface area (Å²) in [4.78, 5) is 30.0. The van der Waals surface area contributed by atoms with E-state index >= 15 is 0 Å². The molecule has 0 N–H and O–H groups in total. The number of esters is 1. The van der Waals surface area contributed by atoms with Crippen molar-refractivity contribution < 1.29 is 14.3 Å². The first kappa shape index (κ1) is 29.8. The maximum absolute atomic E-state index is 12.4. The van der Waals surface area contributed by atoms with Gasteiger partial charge in [0.1, 0.15) is 6.61 Å². The molecular formula is C30H42N2O3. The number of hydrogen-bond acceptors (Lipinski definition) is 4. The number of carbonyl (C=O) groups excluding carboxylic acids is 2. The van der Waals surface area contributed by atoms with Gasteiger partial charge >= 0.3 is 5.97 Å². The number of allylic oxidation sites excluding steroid dienone is 10. The zero-order valence-electron chi connectivity index (χ0n) is 21.5. The first-order valence-corrected chi connectivity index (χ1v) is 12.8. The summed E-state index contributed by atoms with van der Waals surface area (Å²) in [5.74, 6) is -0.322. The van der Waals surface area contributed by atoms with Crippen LogP contribution in [0, 0.1) is 0 Å². The number of likely N-dealkylation sites (N-methyl/N-ethyl adjacent to an activating group) is 1. The van der Waals surface area contributed by atoms with E-state index in [2.05, 4.69) is 72.7 Å². The molecule has 0 atom stereocenters. The zero-order valence-corrected chi connectivity index (χ0v) is 21.5. The lowest BCUT2D eigenvalue weighted by atomic mass is 10.2. The molecule has 1 heterocycles. The Balaban J connectivity index is 2.05. The van der Waals surface area contributed by atoms with Crippen LogP contribution in [0.3, 0.4) is 0 Å². The Labute approximate surface area is 212 Å². The Morgan fingerprint density at radius 3 is 2.03 bits per heavy atom. The number of amides is 1. The lowest BCUT2D eigenvalue weighted by Crippen LogP contribution is -2.34. The third-order valence-electron chi connectivity index (χ3n) is 5.11. The van der Waals surface area contributed by atoms with Crippen LogP contribution in [0.25, 0.3) is 0 Å². The number of pyridine rings is 1. The SMILES string of the molecule is CCC=CCC=CCC=CCC=CCC=CCCCC(=O)OCCN(CC)C(=O)c1cccnc1. The zero-order chi connectivity index (χ0) is 25.4. The van der Waals surface area contributed by atoms with Crippen LogP contribution in [0.4, 0.5) is 0 Å². The van der Waals surface area contributed by atoms with E-state index in [-0.39, 0.29) is 18.5 Å². The Kier molecular flexibility index (Phi) is 18.2. The first-order chi connectivity index (χ1) is 17.2. The summed E-state index contributed by atoms with van der Waals surface area (Å²) in [6.07, 6.45) is 31.8. The molecule has 0 fully saturated rings. The third kappa shape index (κ3) is 16.1. The van der Waals surface area contributed by atoms with Crippen LogP contribution in [0.2, 0.25) is 0 Å². The predicted octanol–water partition coefficient (Wildman–Crippen LogP) is 7.01. The molecule has 0 saturated carbocycles. The van der Waals surface area contributed by atoms with Crippen LogP contribution in [0.5, 0.6) is 0 Å². The number of nitrogens with zero attached hydrogens (tertiary/aromatic N) is 2. The van der Waals surface area contributed by atoms with Gasteiger partial charge < -0.3 is 9.64 Å². The van der Waals surface area contributed by atoms with E-state index < -0.39 is 0 Å². The lowest BCUT2D eigenvalue weighted by Gasteiger charge is -2.20. The molecule has 5 nitrogen and oxygen atoms in total. The Bertz CT molecular complexity index is 838. The normalized spacial score (nSPS) is 12.1. The summed E-state index contributed by atoms with van der Waals surface area (Å²) in [5.41, 5.74) is 0.540. The van der Waals surface area contributed by atoms with E-state index in [1.807, 2.05) is 6.92 Å². The molecule has 0 spiro atoms. The van der Waals surface area contributed by atoms with Gasteiger partial charge in [0, 0.05) is 25.4 Å². The largest absolute Gasteiger partial charge is 0.464 e. The molecule has 0 aromatic carbocycles. The molecule has 190 valence electrons. The molecule has 0 bridgehead atoms. The maximum Gasteiger partial charge on any atom is 0.305 e. The predicted molar refractivity (Wildman–Crippen MR) is 145 cm³/mol. The van der Waals surface area contributed by atoms with Crippen molar-refractivity contribution in [2.45, 2.75) is 65.2 Å². The van der Waals surface area contributed by atoms with Crippen molar-refractivity contribution in [3.05, 3.63) is 90.9 Å². The van der Waals surface area contributed by atoms with Crippen molar-refractivity contribution in [3.8, 4) is 0 Å². The molecule has 0 saturated heterocycles. The first-order valence-electron chi connectivity index (χ1n) is 12.8. The van der Waals surface area contributed by atoms with Gasteiger partial charge in [0.15, 0.2) is 0 Å². The molecule has 0 unspecified atom stereocenters. The average molecular weight is 479 g/mol. The van der Waals surface area contributed by atoms with E-state index in [1.165, 1.54) is 0 Å². The summed E-state index contributed by atoms with van der Waals surface area (Å²) in [7, 11) is 0. The highest BCUT2D eigenvalue weighted by Gasteiger charge is 2.14. The van der Waals surface area contributed by atoms with Crippen LogP contribution in [-0.2, 0) is 9.53 Å². The molecule has 0 aliphatic rings. The molecular weight excluding hydrogens is 436 g/mol. The van der Waals surface area contributed by atoms with E-state index in [0.29, 0.717) is 25.1 Å². The minimum atomic E-state index is -0.220. The molecule has 35 heavy (non-hydrogen) atoms. The van der Waals surface area contributed by atoms with Gasteiger partial charge in [-0.2, -0.15) is 0 Å². The molecule has 1 rings (SSSR count). The number of unbranched alkanes of at least 4 members (excludes halogenated alkanes) is 1. The quantitative estimate of drug-likeness (QED) is 0.129. The van der Waals surface area contributed by atoms with Crippen LogP contribution < -0.4 is 0 Å². The van der Waals surface area contributed by atoms with Gasteiger partial charge in [0.2, 0.25) is 0 Å². The average Bonchev–Trinajstić information content (AvgIpc) is 2.88. The van der Waals surface area contributed by atoms with Crippen LogP contribution in [0.15, 0.2) is 85.3 Å². The van der Waals surface area contributed by atoms with Crippen molar-refractivity contribution in [3.63, 3.8) is 0 Å². The summed E-state index contributed by atoms with van der Waals surface area (Å²) < 4.78 is 5.29. The second-order valence-corrected chi connectivity index (χ2v) is 7.95. The Morgan fingerprint density at radius 1 is 0.886 bits per heavy atom. The lowest BCUT2D eigenvalue weighted by molar-refractivity contribution is -0.144. The van der Waals surface area contributed by atoms with Gasteiger partial charge in [0.25, 0.3) is 5.91 Å². The molecule has 0 aliphatic carbocycles. The summed E-state index contributed by atoms with van der Waals surface area (Å²) in [6.45, 7) is 5.19. The van der Waals surface area contributed by atoms with Gasteiger partial charge in [-0.15, -0.1) is 0 Å². The standard InChI is InChI=1S/C30H42N2O3/c1-3-5-6-7-8-9-10-11-12-13-14-15-16-17-18-19-20-23-29(33)35-26-25-32(4-2)30(34)28-22-21-24-31-27-28/h5-6,8-9,11-12,14-15,17-18,21-22,24,27H,3-4,7,10,13,16,19-20,23,25-26H2,1-2H3. The highest BCUT2D eigenvalue weighted by Crippen LogP contribution is 2.04. The van der Waals surface area contributed by atoms with Gasteiger partial charge in [-0.1, -0.05) is 67.7 Å². The molecule has 1 aromatic rings.